The fraction of sp³-hybridized carbons (Fsp3) is 0.231. The lowest BCUT2D eigenvalue weighted by atomic mass is 10.2. The van der Waals surface area contributed by atoms with Crippen LogP contribution in [0.1, 0.15) is 15.3 Å². The zero-order chi connectivity index (χ0) is 14.9. The molecule has 0 fully saturated rings. The molecule has 20 heavy (non-hydrogen) atoms. The molecule has 0 aliphatic carbocycles. The third-order valence-electron chi connectivity index (χ3n) is 2.91. The van der Waals surface area contributed by atoms with Gasteiger partial charge in [0.05, 0.1) is 9.95 Å². The van der Waals surface area contributed by atoms with Crippen LogP contribution in [0.5, 0.6) is 0 Å². The second-order valence-corrected chi connectivity index (χ2v) is 6.09. The first kappa shape index (κ1) is 14.7. The summed E-state index contributed by atoms with van der Waals surface area (Å²) in [7, 11) is 0. The lowest BCUT2D eigenvalue weighted by Crippen LogP contribution is -2.02. The Balaban J connectivity index is 2.24. The minimum Gasteiger partial charge on any atom is -0.375 e. The second kappa shape index (κ2) is 5.76. The minimum absolute atomic E-state index is 0.126. The fourth-order valence-electron chi connectivity index (χ4n) is 1.75. The standard InChI is InChI=1S/C13H12ClFN2O2S/c1-7-3-9(20-8(7)2)6-16-12-5-11(15)10(14)4-13(12)17(18)19/h3-5,16H,6H2,1-2H3. The Morgan fingerprint density at radius 3 is 2.65 bits per heavy atom. The highest BCUT2D eigenvalue weighted by Crippen LogP contribution is 2.31. The summed E-state index contributed by atoms with van der Waals surface area (Å²) < 4.78 is 13.4. The quantitative estimate of drug-likeness (QED) is 0.658. The molecule has 106 valence electrons. The Hall–Kier alpha value is -1.66. The van der Waals surface area contributed by atoms with Crippen molar-refractivity contribution in [3.63, 3.8) is 0 Å². The lowest BCUT2D eigenvalue weighted by Gasteiger charge is -2.07. The molecule has 2 aromatic rings. The molecule has 7 heteroatoms. The van der Waals surface area contributed by atoms with Crippen molar-refractivity contribution < 1.29 is 9.31 Å². The zero-order valence-corrected chi connectivity index (χ0v) is 12.4. The van der Waals surface area contributed by atoms with Crippen molar-refractivity contribution in [3.8, 4) is 0 Å². The van der Waals surface area contributed by atoms with E-state index in [4.69, 9.17) is 11.6 Å². The molecule has 0 bridgehead atoms. The first-order valence-electron chi connectivity index (χ1n) is 5.81. The first-order chi connectivity index (χ1) is 9.38. The summed E-state index contributed by atoms with van der Waals surface area (Å²) >= 11 is 7.17. The van der Waals surface area contributed by atoms with E-state index in [1.54, 1.807) is 11.3 Å². The Labute approximate surface area is 124 Å². The number of nitro groups is 1. The first-order valence-corrected chi connectivity index (χ1v) is 7.01. The number of benzene rings is 1. The normalized spacial score (nSPS) is 10.6. The topological polar surface area (TPSA) is 55.2 Å². The molecule has 2 rings (SSSR count). The number of halogens is 2. The van der Waals surface area contributed by atoms with Crippen LogP contribution in [0.3, 0.4) is 0 Å². The van der Waals surface area contributed by atoms with Crippen molar-refractivity contribution in [1.82, 2.24) is 0 Å². The molecule has 0 aliphatic rings. The van der Waals surface area contributed by atoms with Gasteiger partial charge in [0, 0.05) is 28.4 Å². The van der Waals surface area contributed by atoms with E-state index in [1.165, 1.54) is 10.4 Å². The zero-order valence-electron chi connectivity index (χ0n) is 10.9. The largest absolute Gasteiger partial charge is 0.375 e. The maximum absolute atomic E-state index is 13.4. The van der Waals surface area contributed by atoms with Gasteiger partial charge in [0.2, 0.25) is 0 Å². The number of nitrogens with zero attached hydrogens (tertiary/aromatic N) is 1. The Bertz CT molecular complexity index is 653. The summed E-state index contributed by atoms with van der Waals surface area (Å²) in [4.78, 5) is 12.6. The predicted octanol–water partition coefficient (Wildman–Crippen LogP) is 4.68. The van der Waals surface area contributed by atoms with Crippen LogP contribution >= 0.6 is 22.9 Å². The highest BCUT2D eigenvalue weighted by Gasteiger charge is 2.17. The summed E-state index contributed by atoms with van der Waals surface area (Å²) in [5, 5.41) is 13.6. The SMILES string of the molecule is Cc1cc(CNc2cc(F)c(Cl)cc2[N+](=O)[O-])sc1C. The number of nitrogens with one attached hydrogen (secondary N) is 1. The summed E-state index contributed by atoms with van der Waals surface area (Å²) in [6.07, 6.45) is 0. The van der Waals surface area contributed by atoms with Gasteiger partial charge in [-0.2, -0.15) is 0 Å². The number of aryl methyl sites for hydroxylation is 2. The van der Waals surface area contributed by atoms with Crippen molar-refractivity contribution in [3.05, 3.63) is 54.5 Å². The Morgan fingerprint density at radius 2 is 2.10 bits per heavy atom. The van der Waals surface area contributed by atoms with Crippen molar-refractivity contribution >= 4 is 34.3 Å². The highest BCUT2D eigenvalue weighted by molar-refractivity contribution is 7.12. The van der Waals surface area contributed by atoms with E-state index >= 15 is 0 Å². The van der Waals surface area contributed by atoms with Gasteiger partial charge in [-0.3, -0.25) is 10.1 Å². The number of thiophene rings is 1. The van der Waals surface area contributed by atoms with Gasteiger partial charge in [-0.25, -0.2) is 4.39 Å². The molecule has 0 amide bonds. The molecule has 0 aliphatic heterocycles. The van der Waals surface area contributed by atoms with Crippen LogP contribution in [0.25, 0.3) is 0 Å². The van der Waals surface area contributed by atoms with Crippen molar-refractivity contribution in [2.75, 3.05) is 5.32 Å². The van der Waals surface area contributed by atoms with Crippen molar-refractivity contribution in [2.24, 2.45) is 0 Å². The van der Waals surface area contributed by atoms with Gasteiger partial charge < -0.3 is 5.32 Å². The van der Waals surface area contributed by atoms with Gasteiger partial charge in [0.1, 0.15) is 11.5 Å². The van der Waals surface area contributed by atoms with Gasteiger partial charge in [-0.15, -0.1) is 11.3 Å². The molecule has 1 N–H and O–H groups in total. The van der Waals surface area contributed by atoms with E-state index in [-0.39, 0.29) is 16.4 Å². The lowest BCUT2D eigenvalue weighted by molar-refractivity contribution is -0.384. The van der Waals surface area contributed by atoms with Crippen LogP contribution in [-0.4, -0.2) is 4.92 Å². The van der Waals surface area contributed by atoms with Crippen LogP contribution in [0.2, 0.25) is 5.02 Å². The Kier molecular flexibility index (Phi) is 4.25. The summed E-state index contributed by atoms with van der Waals surface area (Å²) in [5.41, 5.74) is 1.06. The van der Waals surface area contributed by atoms with Crippen LogP contribution < -0.4 is 5.32 Å². The third kappa shape index (κ3) is 3.08. The number of nitro benzene ring substituents is 1. The van der Waals surface area contributed by atoms with Crippen LogP contribution in [0.4, 0.5) is 15.8 Å². The van der Waals surface area contributed by atoms with E-state index in [2.05, 4.69) is 5.32 Å². The van der Waals surface area contributed by atoms with Crippen LogP contribution in [0, 0.1) is 29.8 Å². The van der Waals surface area contributed by atoms with Gasteiger partial charge in [0.15, 0.2) is 0 Å². The molecular weight excluding hydrogens is 303 g/mol. The van der Waals surface area contributed by atoms with E-state index in [1.807, 2.05) is 19.9 Å². The molecule has 1 aromatic heterocycles. The van der Waals surface area contributed by atoms with Gasteiger partial charge >= 0.3 is 0 Å². The average molecular weight is 315 g/mol. The molecule has 0 saturated heterocycles. The van der Waals surface area contributed by atoms with Gasteiger partial charge in [-0.05, 0) is 25.5 Å². The molecular formula is C13H12ClFN2O2S. The van der Waals surface area contributed by atoms with E-state index in [9.17, 15) is 14.5 Å². The van der Waals surface area contributed by atoms with Crippen LogP contribution in [-0.2, 0) is 6.54 Å². The van der Waals surface area contributed by atoms with Gasteiger partial charge in [-0.1, -0.05) is 11.6 Å². The number of hydrogen-bond acceptors (Lipinski definition) is 4. The summed E-state index contributed by atoms with van der Waals surface area (Å²) in [6.45, 7) is 4.41. The highest BCUT2D eigenvalue weighted by atomic mass is 35.5. The predicted molar refractivity (Wildman–Crippen MR) is 79.2 cm³/mol. The third-order valence-corrected chi connectivity index (χ3v) is 4.35. The van der Waals surface area contributed by atoms with E-state index < -0.39 is 10.7 Å². The van der Waals surface area contributed by atoms with Crippen molar-refractivity contribution in [2.45, 2.75) is 20.4 Å². The molecule has 1 heterocycles. The van der Waals surface area contributed by atoms with Gasteiger partial charge in [0.25, 0.3) is 5.69 Å². The molecule has 0 saturated carbocycles. The minimum atomic E-state index is -0.682. The van der Waals surface area contributed by atoms with Crippen molar-refractivity contribution in [1.29, 1.82) is 0 Å². The molecule has 4 nitrogen and oxygen atoms in total. The molecule has 0 atom stereocenters. The maximum atomic E-state index is 13.4. The molecule has 0 radical (unpaired) electrons. The van der Waals surface area contributed by atoms with E-state index in [0.29, 0.717) is 6.54 Å². The second-order valence-electron chi connectivity index (χ2n) is 4.35. The molecule has 0 spiro atoms. The van der Waals surface area contributed by atoms with E-state index in [0.717, 1.165) is 17.0 Å². The monoisotopic (exact) mass is 314 g/mol. The number of anilines is 1. The number of hydrogen-bond donors (Lipinski definition) is 1. The van der Waals surface area contributed by atoms with Crippen LogP contribution in [0.15, 0.2) is 18.2 Å². The number of rotatable bonds is 4. The molecule has 1 aromatic carbocycles. The Morgan fingerprint density at radius 1 is 1.40 bits per heavy atom. The smallest absolute Gasteiger partial charge is 0.294 e. The maximum Gasteiger partial charge on any atom is 0.294 e. The summed E-state index contributed by atoms with van der Waals surface area (Å²) in [6, 6.07) is 4.07. The summed E-state index contributed by atoms with van der Waals surface area (Å²) in [5.74, 6) is -0.682. The fourth-order valence-corrected chi connectivity index (χ4v) is 2.90. The molecule has 0 unspecified atom stereocenters. The average Bonchev–Trinajstić information content (AvgIpc) is 2.69.